The number of carbonyl (C=O) groups excluding carboxylic acids is 1. The third-order valence-electron chi connectivity index (χ3n) is 15.3. The van der Waals surface area contributed by atoms with E-state index in [9.17, 15) is 4.79 Å². The van der Waals surface area contributed by atoms with Crippen molar-refractivity contribution in [3.63, 3.8) is 0 Å². The first-order valence-electron chi connectivity index (χ1n) is 28.0. The fourth-order valence-electron chi connectivity index (χ4n) is 11.5. The molecule has 0 spiro atoms. The van der Waals surface area contributed by atoms with Crippen molar-refractivity contribution in [3.05, 3.63) is 177 Å². The van der Waals surface area contributed by atoms with E-state index in [1.54, 1.807) is 0 Å². The summed E-state index contributed by atoms with van der Waals surface area (Å²) >= 11 is 4.56. The smallest absolute Gasteiger partial charge is 0.858 e. The average Bonchev–Trinajstić information content (AvgIpc) is 3.40. The van der Waals surface area contributed by atoms with Crippen molar-refractivity contribution in [1.82, 2.24) is 0 Å². The Kier molecular flexibility index (Phi) is 20.8. The van der Waals surface area contributed by atoms with Crippen molar-refractivity contribution >= 4 is 24.5 Å². The average molecular weight is 1050 g/mol. The summed E-state index contributed by atoms with van der Waals surface area (Å²) in [6.07, 6.45) is 0. The van der Waals surface area contributed by atoms with E-state index < -0.39 is 17.9 Å². The molecule has 0 aliphatic rings. The molecule has 0 aromatic heterocycles. The SMILES string of the molecule is COC(=O)[C@H](CS)N=C([O-])c1c(-c2cc(-c3c(C(C)C)cccc3C(C)C)cc(-c3c(C(C)C)cccc3C(C)C)c2)cccc1-c1cc(-c2c(C(C)C)cccc2C(C)C)cc(-c2c(C(C)C)cccc2C(C)C)c1.[Na+]. The van der Waals surface area contributed by atoms with E-state index in [0.29, 0.717) is 5.56 Å². The molecule has 6 heteroatoms. The number of carbonyl (C=O) groups is 1. The van der Waals surface area contributed by atoms with Crippen LogP contribution in [0.15, 0.2) is 132 Å². The summed E-state index contributed by atoms with van der Waals surface area (Å²) in [5, 5.41) is 15.8. The number of nitrogens with zero attached hydrogens (tertiary/aromatic N) is 1. The van der Waals surface area contributed by atoms with Crippen LogP contribution < -0.4 is 34.7 Å². The fourth-order valence-corrected chi connectivity index (χ4v) is 11.7. The predicted octanol–water partition coefficient (Wildman–Crippen LogP) is 16.3. The topological polar surface area (TPSA) is 61.7 Å². The molecule has 0 aliphatic heterocycles. The summed E-state index contributed by atoms with van der Waals surface area (Å²) < 4.78 is 5.24. The van der Waals surface area contributed by atoms with Gasteiger partial charge in [-0.3, -0.25) is 4.99 Å². The Bertz CT molecular complexity index is 2780. The molecule has 1 atom stereocenters. The second kappa shape index (κ2) is 26.2. The van der Waals surface area contributed by atoms with E-state index in [1.807, 2.05) is 0 Å². The molecule has 0 radical (unpaired) electrons. The molecule has 7 aromatic rings. The van der Waals surface area contributed by atoms with Gasteiger partial charge < -0.3 is 9.84 Å². The van der Waals surface area contributed by atoms with Gasteiger partial charge >= 0.3 is 35.5 Å². The number of thiol groups is 1. The molecule has 77 heavy (non-hydrogen) atoms. The molecular formula is C71H84NNaO3S. The van der Waals surface area contributed by atoms with Crippen LogP contribution in [0.4, 0.5) is 0 Å². The number of esters is 1. The third kappa shape index (κ3) is 13.0. The molecule has 7 aromatic carbocycles. The van der Waals surface area contributed by atoms with E-state index >= 15 is 5.11 Å². The van der Waals surface area contributed by atoms with Gasteiger partial charge in [-0.2, -0.15) is 12.6 Å². The summed E-state index contributed by atoms with van der Waals surface area (Å²) in [7, 11) is 1.33. The number of benzene rings is 7. The molecule has 4 nitrogen and oxygen atoms in total. The summed E-state index contributed by atoms with van der Waals surface area (Å²) in [4.78, 5) is 18.1. The predicted molar refractivity (Wildman–Crippen MR) is 328 cm³/mol. The van der Waals surface area contributed by atoms with Crippen LogP contribution in [0, 0.1) is 0 Å². The van der Waals surface area contributed by atoms with Gasteiger partial charge in [0.05, 0.1) is 7.11 Å². The quantitative estimate of drug-likeness (QED) is 0.0306. The third-order valence-corrected chi connectivity index (χ3v) is 15.7. The van der Waals surface area contributed by atoms with Crippen molar-refractivity contribution in [1.29, 1.82) is 0 Å². The summed E-state index contributed by atoms with van der Waals surface area (Å²) in [5.41, 5.74) is 23.2. The summed E-state index contributed by atoms with van der Waals surface area (Å²) in [5.74, 6) is 0.917. The van der Waals surface area contributed by atoms with E-state index in [1.165, 1.54) is 73.9 Å². The first-order valence-corrected chi connectivity index (χ1v) is 28.6. The second-order valence-corrected chi connectivity index (χ2v) is 23.8. The van der Waals surface area contributed by atoms with Crippen LogP contribution in [-0.4, -0.2) is 30.8 Å². The number of methoxy groups -OCH3 is 1. The molecule has 0 saturated carbocycles. The Hall–Kier alpha value is -5.17. The zero-order valence-electron chi connectivity index (χ0n) is 49.6. The summed E-state index contributed by atoms with van der Waals surface area (Å²) in [6, 6.07) is 46.0. The zero-order valence-corrected chi connectivity index (χ0v) is 52.5. The van der Waals surface area contributed by atoms with Crippen molar-refractivity contribution < 1.29 is 44.2 Å². The second-order valence-electron chi connectivity index (χ2n) is 23.5. The number of hydrogen-bond acceptors (Lipinski definition) is 5. The van der Waals surface area contributed by atoms with Gasteiger partial charge in [0.1, 0.15) is 0 Å². The number of hydrogen-bond donors (Lipinski definition) is 1. The van der Waals surface area contributed by atoms with Crippen LogP contribution in [0.3, 0.4) is 0 Å². The van der Waals surface area contributed by atoms with Gasteiger partial charge in [0.15, 0.2) is 6.04 Å². The monoisotopic (exact) mass is 1050 g/mol. The standard InChI is InChI=1S/C71H85NO3S.Na/c1-40(2)54-23-18-24-55(41(3)4)65(54)50-33-48(34-51(37-50)66-56(42(5)6)25-19-26-57(66)43(7)8)62-31-22-32-63(69(62)70(73)72-64(39-76)71(74)75-17)49-35-52(67-58(44(9)10)27-20-28-59(67)45(11)12)38-53(36-49)68-60(46(13)14)29-21-30-61(68)47(15)16;/h18-38,40-47,64,76H,39H2,1-17H3,(H,72,73);/q;+1/p-1/t64-;/m0./s1. The molecule has 0 unspecified atom stereocenters. The first-order chi connectivity index (χ1) is 36.1. The maximum absolute atomic E-state index is 15.8. The Morgan fingerprint density at radius 1 is 0.416 bits per heavy atom. The van der Waals surface area contributed by atoms with E-state index in [4.69, 9.17) is 9.73 Å². The van der Waals surface area contributed by atoms with Gasteiger partial charge in [-0.15, -0.1) is 0 Å². The minimum Gasteiger partial charge on any atom is -0.858 e. The molecule has 0 aliphatic carbocycles. The Morgan fingerprint density at radius 3 is 0.844 bits per heavy atom. The molecule has 0 N–H and O–H groups in total. The van der Waals surface area contributed by atoms with Gasteiger partial charge in [-0.1, -0.05) is 202 Å². The van der Waals surface area contributed by atoms with Crippen molar-refractivity contribution in [3.8, 4) is 66.8 Å². The molecule has 0 saturated heterocycles. The molecule has 7 rings (SSSR count). The number of ether oxygens (including phenoxy) is 1. The number of aliphatic imine (C=N–C) groups is 1. The van der Waals surface area contributed by atoms with Crippen LogP contribution in [0.25, 0.3) is 66.8 Å². The zero-order chi connectivity index (χ0) is 55.4. The first kappa shape index (κ1) is 61.0. The molecular weight excluding hydrogens is 970 g/mol. The van der Waals surface area contributed by atoms with Gasteiger partial charge in [0, 0.05) is 11.3 Å². The van der Waals surface area contributed by atoms with E-state index in [0.717, 1.165) is 44.5 Å². The normalized spacial score (nSPS) is 12.5. The Labute approximate surface area is 491 Å². The van der Waals surface area contributed by atoms with Crippen molar-refractivity contribution in [2.24, 2.45) is 4.99 Å². The maximum Gasteiger partial charge on any atom is 1.00 e. The molecule has 0 fully saturated rings. The molecule has 0 amide bonds. The largest absolute Gasteiger partial charge is 1.00 e. The maximum atomic E-state index is 15.8. The molecule has 0 heterocycles. The number of rotatable bonds is 18. The molecule has 0 bridgehead atoms. The van der Waals surface area contributed by atoms with Crippen LogP contribution in [0.1, 0.15) is 208 Å². The van der Waals surface area contributed by atoms with Crippen LogP contribution in [0.2, 0.25) is 0 Å². The van der Waals surface area contributed by atoms with Crippen molar-refractivity contribution in [2.75, 3.05) is 12.9 Å². The fraction of sp³-hybridized carbons (Fsp3) is 0.380. The van der Waals surface area contributed by atoms with Crippen LogP contribution in [-0.2, 0) is 9.53 Å². The minimum atomic E-state index is -1.11. The van der Waals surface area contributed by atoms with E-state index in [-0.39, 0.29) is 82.7 Å². The van der Waals surface area contributed by atoms with Gasteiger partial charge in [-0.25, -0.2) is 4.79 Å². The summed E-state index contributed by atoms with van der Waals surface area (Å²) in [6.45, 7) is 36.4. The molecule has 398 valence electrons. The minimum absolute atomic E-state index is 0. The van der Waals surface area contributed by atoms with Gasteiger partial charge in [-0.05, 0) is 201 Å². The Balaban J connectivity index is 0.00000961. The van der Waals surface area contributed by atoms with Crippen LogP contribution >= 0.6 is 12.6 Å². The van der Waals surface area contributed by atoms with Crippen molar-refractivity contribution in [2.45, 2.75) is 164 Å². The van der Waals surface area contributed by atoms with E-state index in [2.05, 4.69) is 251 Å². The Morgan fingerprint density at radius 2 is 0.636 bits per heavy atom. The van der Waals surface area contributed by atoms with Crippen LogP contribution in [0.5, 0.6) is 0 Å². The van der Waals surface area contributed by atoms with Gasteiger partial charge in [0.25, 0.3) is 0 Å². The van der Waals surface area contributed by atoms with Gasteiger partial charge in [0.2, 0.25) is 0 Å².